The lowest BCUT2D eigenvalue weighted by Gasteiger charge is -2.19. The molecule has 2 N–H and O–H groups in total. The van der Waals surface area contributed by atoms with Gasteiger partial charge in [-0.05, 0) is 31.6 Å². The molecular formula is C12H20N2. The first-order chi connectivity index (χ1) is 6.67. The highest BCUT2D eigenvalue weighted by atomic mass is 15.1. The monoisotopic (exact) mass is 192 g/mol. The fourth-order valence-corrected chi connectivity index (χ4v) is 1.56. The fraction of sp³-hybridized carbons (Fsp3) is 0.500. The van der Waals surface area contributed by atoms with E-state index < -0.39 is 0 Å². The first-order valence-corrected chi connectivity index (χ1v) is 5.24. The summed E-state index contributed by atoms with van der Waals surface area (Å²) >= 11 is 0. The zero-order valence-corrected chi connectivity index (χ0v) is 9.38. The molecule has 0 aliphatic carbocycles. The minimum absolute atomic E-state index is 0.905. The second-order valence-corrected chi connectivity index (χ2v) is 3.66. The topological polar surface area (TPSA) is 29.3 Å². The molecule has 0 spiro atoms. The molecule has 0 aromatic heterocycles. The highest BCUT2D eigenvalue weighted by molar-refractivity contribution is 5.48. The van der Waals surface area contributed by atoms with E-state index in [0.29, 0.717) is 0 Å². The summed E-state index contributed by atoms with van der Waals surface area (Å²) in [7, 11) is 0. The highest BCUT2D eigenvalue weighted by Crippen LogP contribution is 2.15. The maximum absolute atomic E-state index is 5.92. The van der Waals surface area contributed by atoms with Gasteiger partial charge in [0.1, 0.15) is 0 Å². The summed E-state index contributed by atoms with van der Waals surface area (Å²) in [6.07, 6.45) is 0. The average Bonchev–Trinajstić information content (AvgIpc) is 2.19. The molecule has 0 unspecified atom stereocenters. The molecule has 1 rings (SSSR count). The summed E-state index contributed by atoms with van der Waals surface area (Å²) in [5.41, 5.74) is 9.35. The van der Waals surface area contributed by atoms with Crippen LogP contribution in [0.15, 0.2) is 18.2 Å². The van der Waals surface area contributed by atoms with Gasteiger partial charge in [0.05, 0.1) is 0 Å². The molecule has 0 amide bonds. The molecule has 0 saturated carbocycles. The number of nitrogens with two attached hydrogens (primary N) is 1. The smallest absolute Gasteiger partial charge is 0.0359 e. The van der Waals surface area contributed by atoms with Crippen LogP contribution < -0.4 is 5.73 Å². The number of benzene rings is 1. The van der Waals surface area contributed by atoms with Gasteiger partial charge in [-0.25, -0.2) is 0 Å². The largest absolute Gasteiger partial charge is 0.398 e. The predicted octanol–water partition coefficient (Wildman–Crippen LogP) is 2.42. The molecule has 1 aromatic rings. The Bertz CT molecular complexity index is 290. The second kappa shape index (κ2) is 5.01. The summed E-state index contributed by atoms with van der Waals surface area (Å²) in [4.78, 5) is 2.37. The number of rotatable bonds is 4. The van der Waals surface area contributed by atoms with Crippen molar-refractivity contribution in [3.05, 3.63) is 29.3 Å². The first-order valence-electron chi connectivity index (χ1n) is 5.24. The van der Waals surface area contributed by atoms with E-state index in [1.165, 1.54) is 11.1 Å². The van der Waals surface area contributed by atoms with Crippen LogP contribution in [0.4, 0.5) is 5.69 Å². The van der Waals surface area contributed by atoms with Gasteiger partial charge in [0.2, 0.25) is 0 Å². The Morgan fingerprint density at radius 1 is 1.21 bits per heavy atom. The van der Waals surface area contributed by atoms with Crippen LogP contribution in [0.5, 0.6) is 0 Å². The van der Waals surface area contributed by atoms with E-state index in [1.807, 2.05) is 6.07 Å². The van der Waals surface area contributed by atoms with Crippen molar-refractivity contribution < 1.29 is 0 Å². The van der Waals surface area contributed by atoms with E-state index in [4.69, 9.17) is 5.73 Å². The van der Waals surface area contributed by atoms with Crippen molar-refractivity contribution >= 4 is 5.69 Å². The van der Waals surface area contributed by atoms with Gasteiger partial charge in [-0.15, -0.1) is 0 Å². The summed E-state index contributed by atoms with van der Waals surface area (Å²) in [5.74, 6) is 0. The van der Waals surface area contributed by atoms with Gasteiger partial charge in [0.25, 0.3) is 0 Å². The minimum atomic E-state index is 0.905. The Morgan fingerprint density at radius 2 is 1.86 bits per heavy atom. The molecule has 14 heavy (non-hydrogen) atoms. The van der Waals surface area contributed by atoms with E-state index in [-0.39, 0.29) is 0 Å². The van der Waals surface area contributed by atoms with Crippen molar-refractivity contribution in [2.75, 3.05) is 18.8 Å². The number of hydrogen-bond acceptors (Lipinski definition) is 2. The van der Waals surface area contributed by atoms with Crippen molar-refractivity contribution in [1.29, 1.82) is 0 Å². The molecular weight excluding hydrogens is 172 g/mol. The van der Waals surface area contributed by atoms with Crippen LogP contribution in [0.25, 0.3) is 0 Å². The Balaban J connectivity index is 2.79. The van der Waals surface area contributed by atoms with Crippen molar-refractivity contribution in [2.24, 2.45) is 0 Å². The van der Waals surface area contributed by atoms with Gasteiger partial charge >= 0.3 is 0 Å². The summed E-state index contributed by atoms with van der Waals surface area (Å²) < 4.78 is 0. The number of aryl methyl sites for hydroxylation is 1. The molecule has 0 atom stereocenters. The Hall–Kier alpha value is -1.02. The standard InChI is InChI=1S/C12H20N2/c1-4-14(5-2)9-11-8-10(3)6-7-12(11)13/h6-8H,4-5,9,13H2,1-3H3. The molecule has 0 heterocycles. The first kappa shape index (κ1) is 11.1. The van der Waals surface area contributed by atoms with Gasteiger partial charge in [0, 0.05) is 12.2 Å². The van der Waals surface area contributed by atoms with Gasteiger partial charge in [-0.2, -0.15) is 0 Å². The predicted molar refractivity (Wildman–Crippen MR) is 62.2 cm³/mol. The van der Waals surface area contributed by atoms with Crippen LogP contribution in [0.1, 0.15) is 25.0 Å². The van der Waals surface area contributed by atoms with E-state index >= 15 is 0 Å². The van der Waals surface area contributed by atoms with Crippen LogP contribution in [-0.4, -0.2) is 18.0 Å². The van der Waals surface area contributed by atoms with Crippen molar-refractivity contribution in [2.45, 2.75) is 27.3 Å². The van der Waals surface area contributed by atoms with Gasteiger partial charge in [0.15, 0.2) is 0 Å². The van der Waals surface area contributed by atoms with Gasteiger partial charge < -0.3 is 5.73 Å². The molecule has 2 heteroatoms. The molecule has 2 nitrogen and oxygen atoms in total. The third-order valence-corrected chi connectivity index (χ3v) is 2.59. The molecule has 0 saturated heterocycles. The molecule has 78 valence electrons. The minimum Gasteiger partial charge on any atom is -0.398 e. The molecule has 0 aliphatic heterocycles. The zero-order chi connectivity index (χ0) is 10.6. The van der Waals surface area contributed by atoms with Crippen LogP contribution in [0, 0.1) is 6.92 Å². The van der Waals surface area contributed by atoms with Crippen LogP contribution in [-0.2, 0) is 6.54 Å². The molecule has 0 aliphatic rings. The van der Waals surface area contributed by atoms with Gasteiger partial charge in [-0.1, -0.05) is 31.5 Å². The number of anilines is 1. The van der Waals surface area contributed by atoms with Gasteiger partial charge in [-0.3, -0.25) is 4.90 Å². The van der Waals surface area contributed by atoms with Crippen molar-refractivity contribution in [3.63, 3.8) is 0 Å². The second-order valence-electron chi connectivity index (χ2n) is 3.66. The normalized spacial score (nSPS) is 10.9. The van der Waals surface area contributed by atoms with Crippen LogP contribution >= 0.6 is 0 Å². The molecule has 0 fully saturated rings. The number of hydrogen-bond donors (Lipinski definition) is 1. The molecule has 1 aromatic carbocycles. The maximum Gasteiger partial charge on any atom is 0.0359 e. The Kier molecular flexibility index (Phi) is 3.96. The third-order valence-electron chi connectivity index (χ3n) is 2.59. The lowest BCUT2D eigenvalue weighted by Crippen LogP contribution is -2.22. The maximum atomic E-state index is 5.92. The summed E-state index contributed by atoms with van der Waals surface area (Å²) in [6, 6.07) is 6.23. The fourth-order valence-electron chi connectivity index (χ4n) is 1.56. The van der Waals surface area contributed by atoms with E-state index in [0.717, 1.165) is 25.3 Å². The Morgan fingerprint density at radius 3 is 2.43 bits per heavy atom. The van der Waals surface area contributed by atoms with E-state index in [9.17, 15) is 0 Å². The van der Waals surface area contributed by atoms with E-state index in [2.05, 4.69) is 37.8 Å². The lowest BCUT2D eigenvalue weighted by molar-refractivity contribution is 0.296. The molecule has 0 bridgehead atoms. The van der Waals surface area contributed by atoms with E-state index in [1.54, 1.807) is 0 Å². The average molecular weight is 192 g/mol. The summed E-state index contributed by atoms with van der Waals surface area (Å²) in [6.45, 7) is 9.56. The summed E-state index contributed by atoms with van der Waals surface area (Å²) in [5, 5.41) is 0. The zero-order valence-electron chi connectivity index (χ0n) is 9.38. The van der Waals surface area contributed by atoms with Crippen molar-refractivity contribution in [1.82, 2.24) is 4.90 Å². The third kappa shape index (κ3) is 2.74. The Labute approximate surface area is 86.7 Å². The van der Waals surface area contributed by atoms with Crippen LogP contribution in [0.3, 0.4) is 0 Å². The lowest BCUT2D eigenvalue weighted by atomic mass is 10.1. The van der Waals surface area contributed by atoms with Crippen molar-refractivity contribution in [3.8, 4) is 0 Å². The highest BCUT2D eigenvalue weighted by Gasteiger charge is 2.04. The van der Waals surface area contributed by atoms with Crippen LogP contribution in [0.2, 0.25) is 0 Å². The number of nitrogen functional groups attached to an aromatic ring is 1. The quantitative estimate of drug-likeness (QED) is 0.742. The number of nitrogens with zero attached hydrogens (tertiary/aromatic N) is 1. The molecule has 0 radical (unpaired) electrons. The SMILES string of the molecule is CCN(CC)Cc1cc(C)ccc1N.